The van der Waals surface area contributed by atoms with Crippen LogP contribution in [0, 0.1) is 30.9 Å². The molecule has 4 aromatic rings. The molecule has 11 heteroatoms. The molecule has 0 atom stereocenters. The number of aromatic nitrogens is 1. The molecule has 0 spiro atoms. The highest BCUT2D eigenvalue weighted by Crippen LogP contribution is 2.41. The summed E-state index contributed by atoms with van der Waals surface area (Å²) in [5.74, 6) is -1.20. The van der Waals surface area contributed by atoms with Crippen molar-refractivity contribution in [1.29, 1.82) is 0 Å². The Morgan fingerprint density at radius 1 is 0.957 bits per heavy atom. The molecular weight excluding hydrogens is 644 g/mol. The van der Waals surface area contributed by atoms with E-state index in [1.54, 1.807) is 12.0 Å². The molecule has 0 radical (unpaired) electrons. The molecule has 5 rings (SSSR count). The van der Waals surface area contributed by atoms with Gasteiger partial charge in [0.2, 0.25) is 0 Å². The van der Waals surface area contributed by atoms with Gasteiger partial charge in [0.1, 0.15) is 22.3 Å². The number of fused-ring (bicyclic) bond motifs is 1. The Hall–Kier alpha value is -3.76. The molecule has 1 N–H and O–H groups in total. The fraction of sp³-hybridized carbons (Fsp3) is 0.417. The molecule has 0 unspecified atom stereocenters. The second kappa shape index (κ2) is 13.8. The number of rotatable bonds is 8. The van der Waals surface area contributed by atoms with Gasteiger partial charge >= 0.3 is 6.09 Å². The molecule has 2 amide bonds. The minimum atomic E-state index is -0.958. The molecule has 1 aliphatic carbocycles. The van der Waals surface area contributed by atoms with Gasteiger partial charge in [0.15, 0.2) is 0 Å². The normalized spacial score (nSPS) is 16.7. The van der Waals surface area contributed by atoms with Gasteiger partial charge in [-0.1, -0.05) is 38.4 Å². The SMILES string of the molecule is COc1ccc(-c2cc(C)nc(C)c2)cc1CN(C(=O)c1sc2c(F)ccc(F)c2c1Cl)C1CCC(N(CC(C)(C)C)C(=O)O)CC1. The van der Waals surface area contributed by atoms with E-state index in [0.29, 0.717) is 38.0 Å². The van der Waals surface area contributed by atoms with E-state index in [9.17, 15) is 23.5 Å². The Bertz CT molecular complexity index is 1790. The monoisotopic (exact) mass is 683 g/mol. The number of benzene rings is 2. The number of thiophene rings is 1. The summed E-state index contributed by atoms with van der Waals surface area (Å²) in [5.41, 5.74) is 4.20. The first kappa shape index (κ1) is 34.6. The first-order valence-corrected chi connectivity index (χ1v) is 16.9. The van der Waals surface area contributed by atoms with Crippen molar-refractivity contribution < 1.29 is 28.2 Å². The highest BCUT2D eigenvalue weighted by atomic mass is 35.5. The maximum atomic E-state index is 14.8. The van der Waals surface area contributed by atoms with Gasteiger partial charge in [0.05, 0.1) is 22.2 Å². The fourth-order valence-electron chi connectivity index (χ4n) is 6.54. The van der Waals surface area contributed by atoms with Crippen LogP contribution in [0.25, 0.3) is 21.2 Å². The number of nitrogens with zero attached hydrogens (tertiary/aromatic N) is 3. The van der Waals surface area contributed by atoms with E-state index in [1.807, 2.05) is 65.0 Å². The van der Waals surface area contributed by atoms with Gasteiger partial charge in [-0.15, -0.1) is 11.3 Å². The van der Waals surface area contributed by atoms with Crippen LogP contribution < -0.4 is 4.74 Å². The quantitative estimate of drug-likeness (QED) is 0.200. The number of carboxylic acid groups (broad SMARTS) is 1. The van der Waals surface area contributed by atoms with Gasteiger partial charge in [-0.3, -0.25) is 9.78 Å². The Morgan fingerprint density at radius 2 is 1.55 bits per heavy atom. The molecule has 47 heavy (non-hydrogen) atoms. The third-order valence-corrected chi connectivity index (χ3v) is 10.3. The Morgan fingerprint density at radius 3 is 2.11 bits per heavy atom. The third-order valence-electron chi connectivity index (χ3n) is 8.61. The van der Waals surface area contributed by atoms with Crippen LogP contribution in [0.1, 0.15) is 73.1 Å². The highest BCUT2D eigenvalue weighted by Gasteiger charge is 2.36. The van der Waals surface area contributed by atoms with E-state index in [-0.39, 0.29) is 44.0 Å². The van der Waals surface area contributed by atoms with Crippen LogP contribution in [0.2, 0.25) is 5.02 Å². The van der Waals surface area contributed by atoms with Crippen molar-refractivity contribution in [2.75, 3.05) is 13.7 Å². The van der Waals surface area contributed by atoms with E-state index >= 15 is 0 Å². The lowest BCUT2D eigenvalue weighted by atomic mass is 9.87. The summed E-state index contributed by atoms with van der Waals surface area (Å²) in [5, 5.41) is 9.80. The molecule has 2 heterocycles. The number of aryl methyl sites for hydroxylation is 2. The van der Waals surface area contributed by atoms with Crippen molar-refractivity contribution in [3.63, 3.8) is 0 Å². The Labute approximate surface area is 283 Å². The summed E-state index contributed by atoms with van der Waals surface area (Å²) >= 11 is 7.47. The molecule has 1 aliphatic rings. The largest absolute Gasteiger partial charge is 0.496 e. The molecule has 250 valence electrons. The lowest BCUT2D eigenvalue weighted by Crippen LogP contribution is -2.49. The minimum Gasteiger partial charge on any atom is -0.496 e. The Kier molecular flexibility index (Phi) is 10.1. The molecule has 0 bridgehead atoms. The highest BCUT2D eigenvalue weighted by molar-refractivity contribution is 7.21. The van der Waals surface area contributed by atoms with Crippen molar-refractivity contribution in [1.82, 2.24) is 14.8 Å². The smallest absolute Gasteiger partial charge is 0.407 e. The van der Waals surface area contributed by atoms with Crippen LogP contribution in [-0.2, 0) is 6.54 Å². The number of hydrogen-bond donors (Lipinski definition) is 1. The fourth-order valence-corrected chi connectivity index (χ4v) is 8.05. The van der Waals surface area contributed by atoms with E-state index in [4.69, 9.17) is 16.3 Å². The topological polar surface area (TPSA) is 83.0 Å². The zero-order valence-electron chi connectivity index (χ0n) is 27.5. The van der Waals surface area contributed by atoms with Gasteiger partial charge in [-0.05, 0) is 92.5 Å². The number of halogens is 3. The van der Waals surface area contributed by atoms with Crippen molar-refractivity contribution in [2.45, 2.75) is 78.9 Å². The first-order chi connectivity index (χ1) is 22.2. The number of carbonyl (C=O) groups excluding carboxylic acids is 1. The van der Waals surface area contributed by atoms with Gasteiger partial charge in [0, 0.05) is 42.1 Å². The van der Waals surface area contributed by atoms with Crippen LogP contribution in [0.3, 0.4) is 0 Å². The summed E-state index contributed by atoms with van der Waals surface area (Å²) in [6.45, 7) is 10.4. The summed E-state index contributed by atoms with van der Waals surface area (Å²) in [7, 11) is 1.57. The first-order valence-electron chi connectivity index (χ1n) is 15.7. The molecule has 1 saturated carbocycles. The van der Waals surface area contributed by atoms with Crippen molar-refractivity contribution in [3.8, 4) is 16.9 Å². The lowest BCUT2D eigenvalue weighted by molar-refractivity contribution is 0.0492. The van der Waals surface area contributed by atoms with Crippen molar-refractivity contribution >= 4 is 45.0 Å². The Balaban J connectivity index is 1.53. The summed E-state index contributed by atoms with van der Waals surface area (Å²) in [6.07, 6.45) is 1.25. The average molecular weight is 684 g/mol. The number of hydrogen-bond acceptors (Lipinski definition) is 5. The van der Waals surface area contributed by atoms with E-state index < -0.39 is 23.6 Å². The van der Waals surface area contributed by atoms with Gasteiger partial charge in [-0.25, -0.2) is 13.6 Å². The van der Waals surface area contributed by atoms with Crippen molar-refractivity contribution in [2.24, 2.45) is 5.41 Å². The van der Waals surface area contributed by atoms with Crippen LogP contribution in [-0.4, -0.2) is 57.6 Å². The van der Waals surface area contributed by atoms with E-state index in [0.717, 1.165) is 51.5 Å². The molecule has 1 fully saturated rings. The van der Waals surface area contributed by atoms with Crippen molar-refractivity contribution in [3.05, 3.63) is 81.0 Å². The summed E-state index contributed by atoms with van der Waals surface area (Å²) in [6, 6.07) is 11.4. The van der Waals surface area contributed by atoms with Gasteiger partial charge in [0.25, 0.3) is 5.91 Å². The number of methoxy groups -OCH3 is 1. The second-order valence-electron chi connectivity index (χ2n) is 13.5. The minimum absolute atomic E-state index is 0.00991. The maximum absolute atomic E-state index is 14.8. The molecular formula is C36H40ClF2N3O4S. The molecule has 2 aromatic carbocycles. The number of ether oxygens (including phenoxy) is 1. The molecule has 2 aromatic heterocycles. The predicted molar refractivity (Wildman–Crippen MR) is 183 cm³/mol. The van der Waals surface area contributed by atoms with E-state index in [2.05, 4.69) is 4.98 Å². The van der Waals surface area contributed by atoms with Crippen LogP contribution in [0.4, 0.5) is 13.6 Å². The average Bonchev–Trinajstić information content (AvgIpc) is 3.37. The molecule has 0 saturated heterocycles. The third kappa shape index (κ3) is 7.54. The maximum Gasteiger partial charge on any atom is 0.407 e. The standard InChI is InChI=1S/C36H40ClF2N3O4S/c1-20-15-23(16-21(2)40-20)22-7-14-29(46-6)24(17-22)18-41(25-8-10-26(11-9-25)42(35(44)45)19-36(3,4)5)34(43)33-31(37)30-27(38)12-13-28(39)32(30)47-33/h7,12-17,25-26H,8-11,18-19H2,1-6H3,(H,44,45). The zero-order chi connectivity index (χ0) is 34.2. The van der Waals surface area contributed by atoms with Gasteiger partial charge in [-0.2, -0.15) is 0 Å². The van der Waals surface area contributed by atoms with E-state index in [1.165, 1.54) is 4.90 Å². The summed E-state index contributed by atoms with van der Waals surface area (Å²) < 4.78 is 35.3. The second-order valence-corrected chi connectivity index (χ2v) is 14.9. The van der Waals surface area contributed by atoms with Gasteiger partial charge < -0.3 is 19.6 Å². The summed E-state index contributed by atoms with van der Waals surface area (Å²) in [4.78, 5) is 34.5. The molecule has 0 aliphatic heterocycles. The van der Waals surface area contributed by atoms with Crippen LogP contribution in [0.15, 0.2) is 42.5 Å². The predicted octanol–water partition coefficient (Wildman–Crippen LogP) is 9.50. The van der Waals surface area contributed by atoms with Crippen LogP contribution >= 0.6 is 22.9 Å². The zero-order valence-corrected chi connectivity index (χ0v) is 29.1. The number of carbonyl (C=O) groups is 2. The number of pyridine rings is 1. The van der Waals surface area contributed by atoms with Crippen LogP contribution in [0.5, 0.6) is 5.75 Å². The molecule has 7 nitrogen and oxygen atoms in total. The lowest BCUT2D eigenvalue weighted by Gasteiger charge is -2.41. The number of amides is 2.